The molecular formula is C17H21NO5. The summed E-state index contributed by atoms with van der Waals surface area (Å²) in [5.74, 6) is -2.03. The molecule has 1 N–H and O–H groups in total. The number of para-hydroxylation sites is 2. The number of carbonyl (C=O) groups is 2. The van der Waals surface area contributed by atoms with Gasteiger partial charge in [-0.1, -0.05) is 25.5 Å². The van der Waals surface area contributed by atoms with E-state index in [1.54, 1.807) is 6.07 Å². The van der Waals surface area contributed by atoms with Gasteiger partial charge in [-0.25, -0.2) is 9.59 Å². The second kappa shape index (κ2) is 7.17. The predicted molar refractivity (Wildman–Crippen MR) is 84.8 cm³/mol. The largest absolute Gasteiger partial charge is 0.491 e. The van der Waals surface area contributed by atoms with Crippen LogP contribution in [0, 0.1) is 0 Å². The third kappa shape index (κ3) is 4.48. The van der Waals surface area contributed by atoms with Crippen LogP contribution in [0.5, 0.6) is 5.75 Å². The van der Waals surface area contributed by atoms with Gasteiger partial charge in [0.2, 0.25) is 0 Å². The number of anilines is 1. The molecule has 23 heavy (non-hydrogen) atoms. The molecule has 124 valence electrons. The Balaban J connectivity index is 2.10. The van der Waals surface area contributed by atoms with Crippen LogP contribution in [-0.2, 0) is 19.1 Å². The van der Waals surface area contributed by atoms with Crippen LogP contribution in [0.25, 0.3) is 0 Å². The van der Waals surface area contributed by atoms with Gasteiger partial charge in [-0.05, 0) is 18.6 Å². The molecule has 0 aromatic heterocycles. The van der Waals surface area contributed by atoms with E-state index in [4.69, 9.17) is 14.2 Å². The van der Waals surface area contributed by atoms with Crippen LogP contribution < -0.4 is 10.1 Å². The van der Waals surface area contributed by atoms with Gasteiger partial charge in [0.25, 0.3) is 5.79 Å². The minimum Gasteiger partial charge on any atom is -0.491 e. The van der Waals surface area contributed by atoms with Crippen molar-refractivity contribution < 1.29 is 23.8 Å². The molecule has 1 aromatic carbocycles. The summed E-state index contributed by atoms with van der Waals surface area (Å²) in [6.45, 7) is 5.69. The van der Waals surface area contributed by atoms with E-state index in [9.17, 15) is 9.59 Å². The maximum absolute atomic E-state index is 11.9. The lowest BCUT2D eigenvalue weighted by atomic mass is 10.2. The molecule has 1 heterocycles. The van der Waals surface area contributed by atoms with Crippen molar-refractivity contribution in [2.45, 2.75) is 39.4 Å². The van der Waals surface area contributed by atoms with Gasteiger partial charge < -0.3 is 19.5 Å². The smallest absolute Gasteiger partial charge is 0.350 e. The fourth-order valence-corrected chi connectivity index (χ4v) is 1.97. The zero-order valence-electron chi connectivity index (χ0n) is 13.5. The Morgan fingerprint density at radius 1 is 1.17 bits per heavy atom. The number of nitrogens with one attached hydrogen (secondary N) is 1. The number of benzene rings is 1. The highest BCUT2D eigenvalue weighted by atomic mass is 16.7. The summed E-state index contributed by atoms with van der Waals surface area (Å²) in [5, 5.41) is 2.91. The molecule has 0 atom stereocenters. The van der Waals surface area contributed by atoms with Crippen LogP contribution in [0.3, 0.4) is 0 Å². The topological polar surface area (TPSA) is 73.9 Å². The number of esters is 2. The third-order valence-corrected chi connectivity index (χ3v) is 3.13. The molecule has 1 aliphatic heterocycles. The number of hydrogen-bond acceptors (Lipinski definition) is 6. The van der Waals surface area contributed by atoms with Crippen molar-refractivity contribution in [3.8, 4) is 5.75 Å². The third-order valence-electron chi connectivity index (χ3n) is 3.13. The highest BCUT2D eigenvalue weighted by molar-refractivity contribution is 6.15. The summed E-state index contributed by atoms with van der Waals surface area (Å²) in [4.78, 5) is 23.7. The van der Waals surface area contributed by atoms with Crippen molar-refractivity contribution in [3.05, 3.63) is 36.0 Å². The molecule has 0 unspecified atom stereocenters. The molecule has 0 radical (unpaired) electrons. The first-order chi connectivity index (χ1) is 10.9. The highest BCUT2D eigenvalue weighted by Gasteiger charge is 2.38. The summed E-state index contributed by atoms with van der Waals surface area (Å²) >= 11 is 0. The first-order valence-electron chi connectivity index (χ1n) is 7.58. The molecule has 0 aliphatic carbocycles. The zero-order valence-corrected chi connectivity index (χ0v) is 13.5. The number of rotatable bonds is 6. The van der Waals surface area contributed by atoms with Crippen LogP contribution in [0.1, 0.15) is 33.6 Å². The highest BCUT2D eigenvalue weighted by Crippen LogP contribution is 2.26. The number of carbonyl (C=O) groups excluding carboxylic acids is 2. The van der Waals surface area contributed by atoms with Crippen molar-refractivity contribution in [2.24, 2.45) is 0 Å². The summed E-state index contributed by atoms with van der Waals surface area (Å²) < 4.78 is 15.7. The van der Waals surface area contributed by atoms with E-state index in [0.29, 0.717) is 18.0 Å². The maximum Gasteiger partial charge on any atom is 0.350 e. The van der Waals surface area contributed by atoms with Gasteiger partial charge in [0.05, 0.1) is 12.3 Å². The van der Waals surface area contributed by atoms with Crippen molar-refractivity contribution in [1.29, 1.82) is 0 Å². The quantitative estimate of drug-likeness (QED) is 0.376. The van der Waals surface area contributed by atoms with Crippen LogP contribution in [0.2, 0.25) is 0 Å². The lowest BCUT2D eigenvalue weighted by molar-refractivity contribution is -0.222. The normalized spacial score (nSPS) is 16.4. The second-order valence-electron chi connectivity index (χ2n) is 5.58. The van der Waals surface area contributed by atoms with E-state index in [0.717, 1.165) is 12.8 Å². The lowest BCUT2D eigenvalue weighted by Crippen LogP contribution is -2.42. The Morgan fingerprint density at radius 3 is 2.48 bits per heavy atom. The summed E-state index contributed by atoms with van der Waals surface area (Å²) in [6.07, 6.45) is 3.26. The number of hydrogen-bond donors (Lipinski definition) is 1. The second-order valence-corrected chi connectivity index (χ2v) is 5.58. The summed E-state index contributed by atoms with van der Waals surface area (Å²) in [5.41, 5.74) is 0.467. The van der Waals surface area contributed by atoms with E-state index >= 15 is 0 Å². The molecular weight excluding hydrogens is 298 g/mol. The molecule has 1 fully saturated rings. The van der Waals surface area contributed by atoms with Gasteiger partial charge in [-0.3, -0.25) is 0 Å². The average Bonchev–Trinajstić information content (AvgIpc) is 2.47. The fraction of sp³-hybridized carbons (Fsp3) is 0.412. The molecule has 1 aromatic rings. The number of ether oxygens (including phenoxy) is 3. The standard InChI is InChI=1S/C17H21NO5/c1-4-5-10-21-14-9-7-6-8-13(14)18-11-12-15(19)22-17(2,3)23-16(12)20/h6-9,11,18H,4-5,10H2,1-3H3. The molecule has 0 bridgehead atoms. The van der Waals surface area contributed by atoms with Gasteiger partial charge in [-0.2, -0.15) is 0 Å². The lowest BCUT2D eigenvalue weighted by Gasteiger charge is -2.29. The maximum atomic E-state index is 11.9. The van der Waals surface area contributed by atoms with Crippen molar-refractivity contribution in [3.63, 3.8) is 0 Å². The van der Waals surface area contributed by atoms with E-state index in [1.165, 1.54) is 20.0 Å². The van der Waals surface area contributed by atoms with Crippen LogP contribution in [0.15, 0.2) is 36.0 Å². The van der Waals surface area contributed by atoms with E-state index in [1.807, 2.05) is 18.2 Å². The minimum absolute atomic E-state index is 0.187. The number of cyclic esters (lactones) is 2. The van der Waals surface area contributed by atoms with E-state index < -0.39 is 17.7 Å². The van der Waals surface area contributed by atoms with Crippen LogP contribution in [0.4, 0.5) is 5.69 Å². The molecule has 1 saturated heterocycles. The molecule has 0 saturated carbocycles. The Labute approximate surface area is 135 Å². The van der Waals surface area contributed by atoms with E-state index in [2.05, 4.69) is 12.2 Å². The van der Waals surface area contributed by atoms with Crippen LogP contribution in [-0.4, -0.2) is 24.3 Å². The monoisotopic (exact) mass is 319 g/mol. The Kier molecular flexibility index (Phi) is 5.26. The predicted octanol–water partition coefficient (Wildman–Crippen LogP) is 3.00. The van der Waals surface area contributed by atoms with Gasteiger partial charge in [0.1, 0.15) is 5.75 Å². The molecule has 6 nitrogen and oxygen atoms in total. The SMILES string of the molecule is CCCCOc1ccccc1NC=C1C(=O)OC(C)(C)OC1=O. The molecule has 0 spiro atoms. The summed E-state index contributed by atoms with van der Waals surface area (Å²) in [7, 11) is 0. The van der Waals surface area contributed by atoms with Crippen molar-refractivity contribution in [1.82, 2.24) is 0 Å². The van der Waals surface area contributed by atoms with Gasteiger partial charge in [-0.15, -0.1) is 0 Å². The molecule has 6 heteroatoms. The minimum atomic E-state index is -1.24. The van der Waals surface area contributed by atoms with Gasteiger partial charge >= 0.3 is 11.9 Å². The number of unbranched alkanes of at least 4 members (excludes halogenated alkanes) is 1. The Bertz CT molecular complexity index is 599. The van der Waals surface area contributed by atoms with Crippen molar-refractivity contribution >= 4 is 17.6 Å². The van der Waals surface area contributed by atoms with Gasteiger partial charge in [0, 0.05) is 20.0 Å². The van der Waals surface area contributed by atoms with E-state index in [-0.39, 0.29) is 5.57 Å². The molecule has 1 aliphatic rings. The van der Waals surface area contributed by atoms with Crippen LogP contribution >= 0.6 is 0 Å². The molecule has 2 rings (SSSR count). The first-order valence-corrected chi connectivity index (χ1v) is 7.58. The van der Waals surface area contributed by atoms with Gasteiger partial charge in [0.15, 0.2) is 5.57 Å². The average molecular weight is 319 g/mol. The zero-order chi connectivity index (χ0) is 16.9. The molecule has 0 amide bonds. The Morgan fingerprint density at radius 2 is 1.83 bits per heavy atom. The van der Waals surface area contributed by atoms with Crippen molar-refractivity contribution in [2.75, 3.05) is 11.9 Å². The summed E-state index contributed by atoms with van der Waals surface area (Å²) in [6, 6.07) is 7.29. The fourth-order valence-electron chi connectivity index (χ4n) is 1.97. The first kappa shape index (κ1) is 16.9. The Hall–Kier alpha value is -2.50.